The molecule has 0 spiro atoms. The van der Waals surface area contributed by atoms with Crippen molar-refractivity contribution in [3.05, 3.63) is 36.3 Å². The summed E-state index contributed by atoms with van der Waals surface area (Å²) in [5.74, 6) is -0.130. The van der Waals surface area contributed by atoms with E-state index in [0.717, 1.165) is 0 Å². The smallest absolute Gasteiger partial charge is 0.414 e. The number of nitrogens with zero attached hydrogens (tertiary/aromatic N) is 3. The second-order valence-electron chi connectivity index (χ2n) is 6.29. The largest absolute Gasteiger partial charge is 0.471 e. The number of β-amino-alcohol motifs (C(OH)–C–C–N with tert-alkyl or cyclic N) is 1. The van der Waals surface area contributed by atoms with E-state index in [2.05, 4.69) is 9.68 Å². The molecule has 4 rings (SSSR count). The number of carbonyl (C=O) groups is 1. The molecule has 138 valence electrons. The fourth-order valence-corrected chi connectivity index (χ4v) is 3.15. The maximum Gasteiger partial charge on any atom is 0.414 e. The van der Waals surface area contributed by atoms with Crippen molar-refractivity contribution < 1.29 is 28.3 Å². The Kier molecular flexibility index (Phi) is 4.37. The summed E-state index contributed by atoms with van der Waals surface area (Å²) < 4.78 is 29.8. The first-order chi connectivity index (χ1) is 12.6. The van der Waals surface area contributed by atoms with E-state index in [4.69, 9.17) is 9.47 Å². The highest BCUT2D eigenvalue weighted by Crippen LogP contribution is 2.29. The Morgan fingerprint density at radius 2 is 2.23 bits per heavy atom. The van der Waals surface area contributed by atoms with Crippen molar-refractivity contribution in [2.75, 3.05) is 36.0 Å². The SMILES string of the molecule is O=C1O[C@@H](COc2ccon2)CN1c1ccc(N2CC[C@H](O)C2)c(F)c1. The zero-order valence-corrected chi connectivity index (χ0v) is 13.9. The summed E-state index contributed by atoms with van der Waals surface area (Å²) in [5.41, 5.74) is 0.837. The molecule has 2 atom stereocenters. The van der Waals surface area contributed by atoms with Crippen LogP contribution >= 0.6 is 0 Å². The predicted octanol–water partition coefficient (Wildman–Crippen LogP) is 1.79. The van der Waals surface area contributed by atoms with E-state index in [-0.39, 0.29) is 13.2 Å². The molecule has 1 amide bonds. The van der Waals surface area contributed by atoms with Crippen molar-refractivity contribution in [1.29, 1.82) is 0 Å². The van der Waals surface area contributed by atoms with Gasteiger partial charge in [0.05, 0.1) is 24.0 Å². The van der Waals surface area contributed by atoms with E-state index < -0.39 is 24.1 Å². The standard InChI is InChI=1S/C17H18FN3O5/c18-14-7-11(1-2-15(14)20-5-3-12(22)8-20)21-9-13(26-17(21)23)10-24-16-4-6-25-19-16/h1-2,4,6-7,12-13,22H,3,5,8-10H2/t12-,13+/m0/s1. The molecule has 26 heavy (non-hydrogen) atoms. The lowest BCUT2D eigenvalue weighted by Crippen LogP contribution is -2.27. The zero-order chi connectivity index (χ0) is 18.1. The van der Waals surface area contributed by atoms with Crippen LogP contribution in [0.25, 0.3) is 0 Å². The lowest BCUT2D eigenvalue weighted by Gasteiger charge is -2.20. The Labute approximate surface area is 148 Å². The summed E-state index contributed by atoms with van der Waals surface area (Å²) in [6.07, 6.45) is 0.519. The molecule has 0 saturated carbocycles. The summed E-state index contributed by atoms with van der Waals surface area (Å²) >= 11 is 0. The minimum absolute atomic E-state index is 0.126. The number of anilines is 2. The molecule has 2 aliphatic rings. The molecular formula is C17H18FN3O5. The average Bonchev–Trinajstić information content (AvgIpc) is 3.34. The number of halogens is 1. The fourth-order valence-electron chi connectivity index (χ4n) is 3.15. The monoisotopic (exact) mass is 363 g/mol. The number of cyclic esters (lactones) is 1. The topological polar surface area (TPSA) is 88.3 Å². The second kappa shape index (κ2) is 6.83. The van der Waals surface area contributed by atoms with E-state index in [1.165, 1.54) is 17.2 Å². The van der Waals surface area contributed by atoms with Gasteiger partial charge < -0.3 is 24.0 Å². The van der Waals surface area contributed by atoms with Crippen molar-refractivity contribution in [1.82, 2.24) is 5.16 Å². The number of carbonyl (C=O) groups excluding carboxylic acids is 1. The van der Waals surface area contributed by atoms with Gasteiger partial charge in [-0.2, -0.15) is 0 Å². The first kappa shape index (κ1) is 16.6. The van der Waals surface area contributed by atoms with Crippen molar-refractivity contribution in [2.45, 2.75) is 18.6 Å². The van der Waals surface area contributed by atoms with Crippen LogP contribution in [0.1, 0.15) is 6.42 Å². The van der Waals surface area contributed by atoms with Gasteiger partial charge in [-0.1, -0.05) is 0 Å². The van der Waals surface area contributed by atoms with Crippen molar-refractivity contribution >= 4 is 17.5 Å². The van der Waals surface area contributed by atoms with Gasteiger partial charge in [-0.15, -0.1) is 0 Å². The van der Waals surface area contributed by atoms with Gasteiger partial charge in [0.25, 0.3) is 5.88 Å². The minimum Gasteiger partial charge on any atom is -0.471 e. The summed E-state index contributed by atoms with van der Waals surface area (Å²) in [5, 5.41) is 13.2. The number of hydrogen-bond donors (Lipinski definition) is 1. The maximum atomic E-state index is 14.5. The molecule has 2 fully saturated rings. The number of rotatable bonds is 5. The number of aliphatic hydroxyl groups excluding tert-OH is 1. The third-order valence-electron chi connectivity index (χ3n) is 4.45. The molecule has 8 nitrogen and oxygen atoms in total. The minimum atomic E-state index is -0.553. The number of hydrogen-bond acceptors (Lipinski definition) is 7. The van der Waals surface area contributed by atoms with Crippen LogP contribution in [0.3, 0.4) is 0 Å². The van der Waals surface area contributed by atoms with E-state index >= 15 is 0 Å². The molecule has 9 heteroatoms. The molecule has 2 saturated heterocycles. The highest BCUT2D eigenvalue weighted by molar-refractivity contribution is 5.90. The number of aliphatic hydroxyl groups is 1. The number of benzene rings is 1. The van der Waals surface area contributed by atoms with Crippen molar-refractivity contribution in [3.8, 4) is 5.88 Å². The summed E-state index contributed by atoms with van der Waals surface area (Å²) in [7, 11) is 0. The molecule has 3 heterocycles. The van der Waals surface area contributed by atoms with Crippen LogP contribution in [-0.2, 0) is 4.74 Å². The van der Waals surface area contributed by atoms with Gasteiger partial charge in [0.1, 0.15) is 18.7 Å². The third-order valence-corrected chi connectivity index (χ3v) is 4.45. The summed E-state index contributed by atoms with van der Waals surface area (Å²) in [6, 6.07) is 6.15. The van der Waals surface area contributed by atoms with Gasteiger partial charge >= 0.3 is 6.09 Å². The number of amides is 1. The fraction of sp³-hybridized carbons (Fsp3) is 0.412. The molecule has 0 radical (unpaired) electrons. The lowest BCUT2D eigenvalue weighted by atomic mass is 10.2. The zero-order valence-electron chi connectivity index (χ0n) is 13.9. The molecule has 2 aliphatic heterocycles. The van der Waals surface area contributed by atoms with E-state index in [9.17, 15) is 14.3 Å². The Morgan fingerprint density at radius 1 is 1.35 bits per heavy atom. The lowest BCUT2D eigenvalue weighted by molar-refractivity contribution is 0.102. The molecule has 0 unspecified atom stereocenters. The first-order valence-electron chi connectivity index (χ1n) is 8.34. The number of aromatic nitrogens is 1. The molecule has 1 aromatic carbocycles. The number of ether oxygens (including phenoxy) is 2. The van der Waals surface area contributed by atoms with Crippen LogP contribution in [0, 0.1) is 5.82 Å². The highest BCUT2D eigenvalue weighted by atomic mass is 19.1. The second-order valence-corrected chi connectivity index (χ2v) is 6.29. The Hall–Kier alpha value is -2.81. The van der Waals surface area contributed by atoms with Crippen LogP contribution in [-0.4, -0.2) is 54.8 Å². The van der Waals surface area contributed by atoms with Gasteiger partial charge in [-0.25, -0.2) is 9.18 Å². The van der Waals surface area contributed by atoms with Gasteiger partial charge in [-0.3, -0.25) is 4.90 Å². The Balaban J connectivity index is 1.42. The predicted molar refractivity (Wildman–Crippen MR) is 88.8 cm³/mol. The molecule has 1 aromatic heterocycles. The molecule has 1 N–H and O–H groups in total. The quantitative estimate of drug-likeness (QED) is 0.866. The third kappa shape index (κ3) is 3.30. The van der Waals surface area contributed by atoms with E-state index in [1.807, 2.05) is 0 Å². The van der Waals surface area contributed by atoms with Gasteiger partial charge in [0.15, 0.2) is 6.10 Å². The molecule has 0 bridgehead atoms. The molecular weight excluding hydrogens is 345 g/mol. The average molecular weight is 363 g/mol. The Bertz CT molecular complexity index is 785. The van der Waals surface area contributed by atoms with Gasteiger partial charge in [0, 0.05) is 19.2 Å². The van der Waals surface area contributed by atoms with E-state index in [0.29, 0.717) is 36.8 Å². The van der Waals surface area contributed by atoms with Crippen molar-refractivity contribution in [2.24, 2.45) is 0 Å². The first-order valence-corrected chi connectivity index (χ1v) is 8.34. The maximum absolute atomic E-state index is 14.5. The molecule has 2 aromatic rings. The molecule has 0 aliphatic carbocycles. The van der Waals surface area contributed by atoms with Crippen LogP contribution in [0.2, 0.25) is 0 Å². The normalized spacial score (nSPS) is 22.8. The van der Waals surface area contributed by atoms with Crippen LogP contribution in [0.15, 0.2) is 35.1 Å². The van der Waals surface area contributed by atoms with Crippen LogP contribution < -0.4 is 14.5 Å². The van der Waals surface area contributed by atoms with E-state index in [1.54, 1.807) is 23.1 Å². The van der Waals surface area contributed by atoms with Crippen molar-refractivity contribution in [3.63, 3.8) is 0 Å². The van der Waals surface area contributed by atoms with Crippen LogP contribution in [0.5, 0.6) is 5.88 Å². The Morgan fingerprint density at radius 3 is 2.92 bits per heavy atom. The summed E-state index contributed by atoms with van der Waals surface area (Å²) in [6.45, 7) is 1.38. The van der Waals surface area contributed by atoms with Crippen LogP contribution in [0.4, 0.5) is 20.6 Å². The summed E-state index contributed by atoms with van der Waals surface area (Å²) in [4.78, 5) is 15.2. The highest BCUT2D eigenvalue weighted by Gasteiger charge is 2.33. The van der Waals surface area contributed by atoms with Gasteiger partial charge in [0.2, 0.25) is 0 Å². The van der Waals surface area contributed by atoms with Gasteiger partial charge in [-0.05, 0) is 29.8 Å².